The quantitative estimate of drug-likeness (QED) is 0.906. The lowest BCUT2D eigenvalue weighted by molar-refractivity contribution is 0.0690. The van der Waals surface area contributed by atoms with Crippen molar-refractivity contribution in [2.45, 2.75) is 13.8 Å². The molecule has 1 heterocycles. The van der Waals surface area contributed by atoms with Gasteiger partial charge in [-0.05, 0) is 36.2 Å². The zero-order valence-corrected chi connectivity index (χ0v) is 11.4. The molecule has 2 rings (SSSR count). The van der Waals surface area contributed by atoms with Crippen LogP contribution in [0.15, 0.2) is 36.7 Å². The standard InChI is InChI=1S/C15H16N2O3/c1-10(2)8-20-12-5-3-11(4-6-12)13-7-14(15(18)19)17-9-16-13/h3-7,9-10H,8H2,1-2H3,(H,18,19). The topological polar surface area (TPSA) is 72.3 Å². The average Bonchev–Trinajstić information content (AvgIpc) is 2.46. The molecule has 5 heteroatoms. The van der Waals surface area contributed by atoms with Crippen LogP contribution in [0, 0.1) is 5.92 Å². The summed E-state index contributed by atoms with van der Waals surface area (Å²) in [7, 11) is 0. The summed E-state index contributed by atoms with van der Waals surface area (Å²) in [6.45, 7) is 4.83. The summed E-state index contributed by atoms with van der Waals surface area (Å²) >= 11 is 0. The first kappa shape index (κ1) is 14.0. The van der Waals surface area contributed by atoms with Crippen LogP contribution in [0.25, 0.3) is 11.3 Å². The van der Waals surface area contributed by atoms with Crippen LogP contribution < -0.4 is 4.74 Å². The molecule has 1 aromatic heterocycles. The van der Waals surface area contributed by atoms with E-state index >= 15 is 0 Å². The van der Waals surface area contributed by atoms with Crippen molar-refractivity contribution in [2.75, 3.05) is 6.61 Å². The van der Waals surface area contributed by atoms with Crippen LogP contribution in [0.2, 0.25) is 0 Å². The number of benzene rings is 1. The Hall–Kier alpha value is -2.43. The molecule has 0 unspecified atom stereocenters. The van der Waals surface area contributed by atoms with Gasteiger partial charge in [0.1, 0.15) is 12.1 Å². The Labute approximate surface area is 117 Å². The minimum atomic E-state index is -1.06. The first-order valence-corrected chi connectivity index (χ1v) is 6.35. The smallest absolute Gasteiger partial charge is 0.354 e. The van der Waals surface area contributed by atoms with Gasteiger partial charge in [-0.25, -0.2) is 14.8 Å². The second-order valence-corrected chi connectivity index (χ2v) is 4.82. The predicted molar refractivity (Wildman–Crippen MR) is 74.8 cm³/mol. The zero-order chi connectivity index (χ0) is 14.5. The van der Waals surface area contributed by atoms with Crippen molar-refractivity contribution in [1.29, 1.82) is 0 Å². The Balaban J connectivity index is 2.17. The van der Waals surface area contributed by atoms with Gasteiger partial charge in [-0.3, -0.25) is 0 Å². The zero-order valence-electron chi connectivity index (χ0n) is 11.4. The summed E-state index contributed by atoms with van der Waals surface area (Å²) in [4.78, 5) is 18.7. The van der Waals surface area contributed by atoms with Crippen molar-refractivity contribution in [3.05, 3.63) is 42.4 Å². The number of carboxylic acid groups (broad SMARTS) is 1. The van der Waals surface area contributed by atoms with E-state index < -0.39 is 5.97 Å². The fourth-order valence-electron chi connectivity index (χ4n) is 1.62. The highest BCUT2D eigenvalue weighted by Crippen LogP contribution is 2.21. The maximum absolute atomic E-state index is 10.9. The van der Waals surface area contributed by atoms with E-state index in [0.717, 1.165) is 11.3 Å². The molecule has 20 heavy (non-hydrogen) atoms. The Bertz CT molecular complexity index is 594. The van der Waals surface area contributed by atoms with Gasteiger partial charge in [-0.15, -0.1) is 0 Å². The molecule has 0 bridgehead atoms. The highest BCUT2D eigenvalue weighted by molar-refractivity contribution is 5.86. The Kier molecular flexibility index (Phi) is 4.30. The molecule has 5 nitrogen and oxygen atoms in total. The summed E-state index contributed by atoms with van der Waals surface area (Å²) < 4.78 is 5.59. The molecule has 0 atom stereocenters. The molecule has 1 aromatic carbocycles. The Morgan fingerprint density at radius 2 is 1.95 bits per heavy atom. The van der Waals surface area contributed by atoms with E-state index in [2.05, 4.69) is 23.8 Å². The number of aromatic carboxylic acids is 1. The van der Waals surface area contributed by atoms with E-state index in [4.69, 9.17) is 9.84 Å². The fourth-order valence-corrected chi connectivity index (χ4v) is 1.62. The monoisotopic (exact) mass is 272 g/mol. The number of hydrogen-bond donors (Lipinski definition) is 1. The van der Waals surface area contributed by atoms with Gasteiger partial charge in [0, 0.05) is 5.56 Å². The van der Waals surface area contributed by atoms with E-state index in [9.17, 15) is 4.79 Å². The first-order valence-electron chi connectivity index (χ1n) is 6.35. The first-order chi connectivity index (χ1) is 9.56. The van der Waals surface area contributed by atoms with Crippen LogP contribution in [0.4, 0.5) is 0 Å². The van der Waals surface area contributed by atoms with Crippen molar-refractivity contribution < 1.29 is 14.6 Å². The minimum Gasteiger partial charge on any atom is -0.493 e. The number of carboxylic acids is 1. The van der Waals surface area contributed by atoms with Gasteiger partial charge in [0.2, 0.25) is 0 Å². The highest BCUT2D eigenvalue weighted by atomic mass is 16.5. The van der Waals surface area contributed by atoms with E-state index in [1.54, 1.807) is 0 Å². The Morgan fingerprint density at radius 3 is 2.55 bits per heavy atom. The molecular weight excluding hydrogens is 256 g/mol. The summed E-state index contributed by atoms with van der Waals surface area (Å²) in [5.41, 5.74) is 1.38. The highest BCUT2D eigenvalue weighted by Gasteiger charge is 2.07. The minimum absolute atomic E-state index is 0.0184. The second kappa shape index (κ2) is 6.14. The number of hydrogen-bond acceptors (Lipinski definition) is 4. The normalized spacial score (nSPS) is 10.6. The van der Waals surface area contributed by atoms with Crippen LogP contribution in [0.5, 0.6) is 5.75 Å². The van der Waals surface area contributed by atoms with Gasteiger partial charge in [-0.1, -0.05) is 13.8 Å². The third-order valence-electron chi connectivity index (χ3n) is 2.62. The van der Waals surface area contributed by atoms with Crippen LogP contribution in [0.1, 0.15) is 24.3 Å². The van der Waals surface area contributed by atoms with E-state index in [-0.39, 0.29) is 5.69 Å². The molecule has 0 aliphatic carbocycles. The number of ether oxygens (including phenoxy) is 1. The SMILES string of the molecule is CC(C)COc1ccc(-c2cc(C(=O)O)ncn2)cc1. The number of carbonyl (C=O) groups is 1. The lowest BCUT2D eigenvalue weighted by atomic mass is 10.1. The van der Waals surface area contributed by atoms with Crippen LogP contribution in [0.3, 0.4) is 0 Å². The molecule has 0 spiro atoms. The molecule has 0 fully saturated rings. The van der Waals surface area contributed by atoms with Gasteiger partial charge in [-0.2, -0.15) is 0 Å². The van der Waals surface area contributed by atoms with Gasteiger partial charge >= 0.3 is 5.97 Å². The third-order valence-corrected chi connectivity index (χ3v) is 2.62. The van der Waals surface area contributed by atoms with E-state index in [0.29, 0.717) is 18.2 Å². The van der Waals surface area contributed by atoms with Crippen LogP contribution >= 0.6 is 0 Å². The summed E-state index contributed by atoms with van der Waals surface area (Å²) in [6.07, 6.45) is 1.25. The summed E-state index contributed by atoms with van der Waals surface area (Å²) in [5.74, 6) is 0.190. The van der Waals surface area contributed by atoms with Gasteiger partial charge < -0.3 is 9.84 Å². The molecule has 1 N–H and O–H groups in total. The molecule has 0 aliphatic rings. The molecule has 0 amide bonds. The van der Waals surface area contributed by atoms with E-state index in [1.165, 1.54) is 12.4 Å². The summed E-state index contributed by atoms with van der Waals surface area (Å²) in [5, 5.41) is 8.91. The van der Waals surface area contributed by atoms with Crippen LogP contribution in [-0.4, -0.2) is 27.7 Å². The second-order valence-electron chi connectivity index (χ2n) is 4.82. The molecule has 2 aromatic rings. The Morgan fingerprint density at radius 1 is 1.25 bits per heavy atom. The molecule has 0 aliphatic heterocycles. The number of nitrogens with zero attached hydrogens (tertiary/aromatic N) is 2. The van der Waals surface area contributed by atoms with E-state index in [1.807, 2.05) is 24.3 Å². The van der Waals surface area contributed by atoms with Crippen molar-refractivity contribution in [3.8, 4) is 17.0 Å². The van der Waals surface area contributed by atoms with Crippen LogP contribution in [-0.2, 0) is 0 Å². The molecule has 0 saturated carbocycles. The van der Waals surface area contributed by atoms with Crippen molar-refractivity contribution in [2.24, 2.45) is 5.92 Å². The molecule has 104 valence electrons. The molecule has 0 radical (unpaired) electrons. The fraction of sp³-hybridized carbons (Fsp3) is 0.267. The third kappa shape index (κ3) is 3.54. The summed E-state index contributed by atoms with van der Waals surface area (Å²) in [6, 6.07) is 8.85. The predicted octanol–water partition coefficient (Wildman–Crippen LogP) is 2.88. The average molecular weight is 272 g/mol. The maximum Gasteiger partial charge on any atom is 0.354 e. The molecular formula is C15H16N2O3. The lowest BCUT2D eigenvalue weighted by Gasteiger charge is -2.09. The van der Waals surface area contributed by atoms with Gasteiger partial charge in [0.15, 0.2) is 5.69 Å². The van der Waals surface area contributed by atoms with Crippen molar-refractivity contribution >= 4 is 5.97 Å². The van der Waals surface area contributed by atoms with Crippen molar-refractivity contribution in [3.63, 3.8) is 0 Å². The van der Waals surface area contributed by atoms with Gasteiger partial charge in [0.05, 0.1) is 12.3 Å². The lowest BCUT2D eigenvalue weighted by Crippen LogP contribution is -2.04. The maximum atomic E-state index is 10.9. The van der Waals surface area contributed by atoms with Crippen molar-refractivity contribution in [1.82, 2.24) is 9.97 Å². The molecule has 0 saturated heterocycles. The number of aromatic nitrogens is 2. The number of rotatable bonds is 5. The van der Waals surface area contributed by atoms with Gasteiger partial charge in [0.25, 0.3) is 0 Å². The largest absolute Gasteiger partial charge is 0.493 e.